The molecule has 0 radical (unpaired) electrons. The number of nitrogens with one attached hydrogen (secondary N) is 2. The topological polar surface area (TPSA) is 62.5 Å². The SMILES string of the molecule is CN=C(NCc1ncc(-c2ccc(C)cc2)o1)NCC1CC1. The van der Waals surface area contributed by atoms with E-state index in [1.165, 1.54) is 18.4 Å². The van der Waals surface area contributed by atoms with Crippen molar-refractivity contribution in [3.8, 4) is 11.3 Å². The molecule has 3 rings (SSSR count). The quantitative estimate of drug-likeness (QED) is 0.658. The van der Waals surface area contributed by atoms with Crippen LogP contribution >= 0.6 is 0 Å². The molecule has 5 nitrogen and oxygen atoms in total. The molecule has 1 aromatic carbocycles. The predicted octanol–water partition coefficient (Wildman–Crippen LogP) is 2.73. The molecule has 22 heavy (non-hydrogen) atoms. The number of aryl methyl sites for hydroxylation is 1. The van der Waals surface area contributed by atoms with Crippen molar-refractivity contribution in [1.29, 1.82) is 0 Å². The summed E-state index contributed by atoms with van der Waals surface area (Å²) in [6, 6.07) is 8.23. The normalized spacial score (nSPS) is 14.9. The van der Waals surface area contributed by atoms with Gasteiger partial charge in [-0.3, -0.25) is 4.99 Å². The first kappa shape index (κ1) is 14.6. The van der Waals surface area contributed by atoms with Gasteiger partial charge in [-0.2, -0.15) is 0 Å². The van der Waals surface area contributed by atoms with Gasteiger partial charge in [0, 0.05) is 19.2 Å². The Balaban J connectivity index is 1.55. The van der Waals surface area contributed by atoms with Crippen molar-refractivity contribution in [2.75, 3.05) is 13.6 Å². The second-order valence-electron chi connectivity index (χ2n) is 5.73. The maximum atomic E-state index is 5.79. The lowest BCUT2D eigenvalue weighted by Gasteiger charge is -2.09. The molecular formula is C17H22N4O. The Morgan fingerprint density at radius 3 is 2.73 bits per heavy atom. The minimum absolute atomic E-state index is 0.524. The lowest BCUT2D eigenvalue weighted by Crippen LogP contribution is -2.37. The van der Waals surface area contributed by atoms with Gasteiger partial charge >= 0.3 is 0 Å². The van der Waals surface area contributed by atoms with Crippen LogP contribution in [0.4, 0.5) is 0 Å². The highest BCUT2D eigenvalue weighted by molar-refractivity contribution is 5.79. The summed E-state index contributed by atoms with van der Waals surface area (Å²) in [5.74, 6) is 3.05. The fourth-order valence-corrected chi connectivity index (χ4v) is 2.19. The molecule has 0 spiro atoms. The molecule has 0 bridgehead atoms. The number of nitrogens with zero attached hydrogens (tertiary/aromatic N) is 2. The highest BCUT2D eigenvalue weighted by atomic mass is 16.4. The van der Waals surface area contributed by atoms with Crippen LogP contribution in [0.1, 0.15) is 24.3 Å². The third-order valence-electron chi connectivity index (χ3n) is 3.78. The average Bonchev–Trinajstić information content (AvgIpc) is 3.25. The van der Waals surface area contributed by atoms with Crippen molar-refractivity contribution < 1.29 is 4.42 Å². The second kappa shape index (κ2) is 6.64. The molecule has 1 aliphatic rings. The summed E-state index contributed by atoms with van der Waals surface area (Å²) < 4.78 is 5.79. The van der Waals surface area contributed by atoms with Gasteiger partial charge in [0.1, 0.15) is 0 Å². The highest BCUT2D eigenvalue weighted by Crippen LogP contribution is 2.27. The van der Waals surface area contributed by atoms with E-state index in [4.69, 9.17) is 4.42 Å². The van der Waals surface area contributed by atoms with Crippen LogP contribution < -0.4 is 10.6 Å². The Labute approximate surface area is 130 Å². The fourth-order valence-electron chi connectivity index (χ4n) is 2.19. The van der Waals surface area contributed by atoms with E-state index in [0.29, 0.717) is 12.4 Å². The molecular weight excluding hydrogens is 276 g/mol. The predicted molar refractivity (Wildman–Crippen MR) is 87.6 cm³/mol. The fraction of sp³-hybridized carbons (Fsp3) is 0.412. The summed E-state index contributed by atoms with van der Waals surface area (Å²) in [5, 5.41) is 6.54. The molecule has 0 amide bonds. The smallest absolute Gasteiger partial charge is 0.214 e. The lowest BCUT2D eigenvalue weighted by atomic mass is 10.1. The van der Waals surface area contributed by atoms with Crippen LogP contribution in [0, 0.1) is 12.8 Å². The summed E-state index contributed by atoms with van der Waals surface area (Å²) in [5.41, 5.74) is 2.27. The summed E-state index contributed by atoms with van der Waals surface area (Å²) in [6.07, 6.45) is 4.41. The number of aliphatic imine (C=N–C) groups is 1. The minimum atomic E-state index is 0.524. The number of hydrogen-bond acceptors (Lipinski definition) is 3. The highest BCUT2D eigenvalue weighted by Gasteiger charge is 2.21. The van der Waals surface area contributed by atoms with Gasteiger partial charge < -0.3 is 15.1 Å². The average molecular weight is 298 g/mol. The first-order chi connectivity index (χ1) is 10.7. The van der Waals surface area contributed by atoms with E-state index in [1.807, 2.05) is 12.1 Å². The maximum Gasteiger partial charge on any atom is 0.214 e. The third kappa shape index (κ3) is 3.87. The van der Waals surface area contributed by atoms with Crippen LogP contribution in [0.25, 0.3) is 11.3 Å². The molecule has 1 heterocycles. The number of rotatable bonds is 5. The first-order valence-corrected chi connectivity index (χ1v) is 7.71. The van der Waals surface area contributed by atoms with E-state index < -0.39 is 0 Å². The number of hydrogen-bond donors (Lipinski definition) is 2. The van der Waals surface area contributed by atoms with Gasteiger partial charge in [-0.1, -0.05) is 29.8 Å². The Kier molecular flexibility index (Phi) is 4.42. The summed E-state index contributed by atoms with van der Waals surface area (Å²) >= 11 is 0. The van der Waals surface area contributed by atoms with Gasteiger partial charge in [0.05, 0.1) is 12.7 Å². The van der Waals surface area contributed by atoms with E-state index in [1.54, 1.807) is 13.2 Å². The van der Waals surface area contributed by atoms with E-state index in [9.17, 15) is 0 Å². The maximum absolute atomic E-state index is 5.79. The van der Waals surface area contributed by atoms with Crippen molar-refractivity contribution in [1.82, 2.24) is 15.6 Å². The molecule has 1 aliphatic carbocycles. The van der Waals surface area contributed by atoms with Crippen LogP contribution in [-0.4, -0.2) is 24.5 Å². The number of oxazole rings is 1. The van der Waals surface area contributed by atoms with Crippen molar-refractivity contribution in [2.24, 2.45) is 10.9 Å². The van der Waals surface area contributed by atoms with Crippen molar-refractivity contribution >= 4 is 5.96 Å². The van der Waals surface area contributed by atoms with Crippen LogP contribution in [0.3, 0.4) is 0 Å². The Bertz CT molecular complexity index is 641. The summed E-state index contributed by atoms with van der Waals surface area (Å²) in [4.78, 5) is 8.52. The molecule has 116 valence electrons. The zero-order valence-corrected chi connectivity index (χ0v) is 13.1. The van der Waals surface area contributed by atoms with Gasteiger partial charge in [0.2, 0.25) is 5.89 Å². The minimum Gasteiger partial charge on any atom is -0.439 e. The molecule has 0 unspecified atom stereocenters. The van der Waals surface area contributed by atoms with E-state index in [-0.39, 0.29) is 0 Å². The van der Waals surface area contributed by atoms with Gasteiger partial charge in [-0.25, -0.2) is 4.98 Å². The summed E-state index contributed by atoms with van der Waals surface area (Å²) in [7, 11) is 1.77. The van der Waals surface area contributed by atoms with Gasteiger partial charge in [0.25, 0.3) is 0 Å². The van der Waals surface area contributed by atoms with Crippen molar-refractivity contribution in [3.63, 3.8) is 0 Å². The van der Waals surface area contributed by atoms with Crippen LogP contribution in [0.2, 0.25) is 0 Å². The van der Waals surface area contributed by atoms with Crippen LogP contribution in [0.5, 0.6) is 0 Å². The van der Waals surface area contributed by atoms with Crippen LogP contribution in [0.15, 0.2) is 39.9 Å². The molecule has 0 saturated heterocycles. The van der Waals surface area contributed by atoms with E-state index in [0.717, 1.165) is 29.7 Å². The zero-order valence-electron chi connectivity index (χ0n) is 13.1. The number of guanidine groups is 1. The lowest BCUT2D eigenvalue weighted by molar-refractivity contribution is 0.497. The van der Waals surface area contributed by atoms with Gasteiger partial charge in [0.15, 0.2) is 11.7 Å². The van der Waals surface area contributed by atoms with Gasteiger partial charge in [-0.15, -0.1) is 0 Å². The van der Waals surface area contributed by atoms with E-state index in [2.05, 4.69) is 39.7 Å². The molecule has 5 heteroatoms. The Hall–Kier alpha value is -2.30. The molecule has 2 aromatic rings. The monoisotopic (exact) mass is 298 g/mol. The first-order valence-electron chi connectivity index (χ1n) is 7.71. The largest absolute Gasteiger partial charge is 0.439 e. The number of aromatic nitrogens is 1. The van der Waals surface area contributed by atoms with Crippen molar-refractivity contribution in [2.45, 2.75) is 26.3 Å². The molecule has 1 fully saturated rings. The number of benzene rings is 1. The zero-order chi connectivity index (χ0) is 15.4. The third-order valence-corrected chi connectivity index (χ3v) is 3.78. The molecule has 1 saturated carbocycles. The summed E-state index contributed by atoms with van der Waals surface area (Å²) in [6.45, 7) is 3.58. The molecule has 0 atom stereocenters. The Morgan fingerprint density at radius 2 is 2.05 bits per heavy atom. The standard InChI is InChI=1S/C17H22N4O/c1-12-3-7-14(8-4-12)15-10-19-16(22-15)11-21-17(18-2)20-9-13-5-6-13/h3-4,7-8,10,13H,5-6,9,11H2,1-2H3,(H2,18,20,21). The van der Waals surface area contributed by atoms with Crippen LogP contribution in [-0.2, 0) is 6.54 Å². The Morgan fingerprint density at radius 1 is 1.27 bits per heavy atom. The van der Waals surface area contributed by atoms with E-state index >= 15 is 0 Å². The molecule has 1 aromatic heterocycles. The molecule has 0 aliphatic heterocycles. The second-order valence-corrected chi connectivity index (χ2v) is 5.73. The van der Waals surface area contributed by atoms with Gasteiger partial charge in [-0.05, 0) is 25.7 Å². The molecule has 2 N–H and O–H groups in total. The van der Waals surface area contributed by atoms with Crippen molar-refractivity contribution in [3.05, 3.63) is 41.9 Å².